The van der Waals surface area contributed by atoms with Gasteiger partial charge < -0.3 is 9.64 Å². The highest BCUT2D eigenvalue weighted by atomic mass is 16.5. The highest BCUT2D eigenvalue weighted by Crippen LogP contribution is 2.23. The molecule has 3 heteroatoms. The first-order chi connectivity index (χ1) is 11.3. The Labute approximate surface area is 121 Å². The molecule has 0 radical (unpaired) electrons. The summed E-state index contributed by atoms with van der Waals surface area (Å²) in [6.45, 7) is 0.985. The smallest absolute Gasteiger partial charge is 0.124 e. The van der Waals surface area contributed by atoms with E-state index in [4.69, 9.17) is 11.6 Å². The molecule has 0 N–H and O–H groups in total. The molecule has 0 aliphatic heterocycles. The molecule has 1 atom stereocenters. The Bertz CT molecular complexity index is 680. The monoisotopic (exact) mass is 261 g/mol. The molecule has 2 rings (SSSR count). The van der Waals surface area contributed by atoms with Gasteiger partial charge in [-0.1, -0.05) is 36.3 Å². The molecule has 19 heavy (non-hydrogen) atoms. The second kappa shape index (κ2) is 7.02. The fourth-order valence-electron chi connectivity index (χ4n) is 1.59. The molecule has 0 bridgehead atoms. The van der Waals surface area contributed by atoms with Crippen molar-refractivity contribution >= 4 is 0 Å². The van der Waals surface area contributed by atoms with Gasteiger partial charge in [0.05, 0.1) is 19.2 Å². The molecule has 0 amide bonds. The standard InChI is InChI=1S/C16H20N2O/c1-18(2)12-13-19-16(14-8-4-3-5-9-14)15-10-6-7-11-17-15/h3-11,16H,12-13H2,1-2H3/t16-/m0/s1/i3D,4D,5D,8D,9D. The minimum atomic E-state index is -0.819. The molecule has 1 aromatic carbocycles. The van der Waals surface area contributed by atoms with E-state index >= 15 is 0 Å². The molecule has 3 nitrogen and oxygen atoms in total. The lowest BCUT2D eigenvalue weighted by Gasteiger charge is -2.19. The number of ether oxygens (including phenoxy) is 1. The number of rotatable bonds is 6. The van der Waals surface area contributed by atoms with Crippen LogP contribution in [0.2, 0.25) is 0 Å². The Kier molecular flexibility index (Phi) is 3.13. The second-order valence-corrected chi connectivity index (χ2v) is 4.35. The Morgan fingerprint density at radius 2 is 2.05 bits per heavy atom. The van der Waals surface area contributed by atoms with Gasteiger partial charge in [-0.25, -0.2) is 0 Å². The topological polar surface area (TPSA) is 25.4 Å². The molecule has 0 aliphatic rings. The van der Waals surface area contributed by atoms with Crippen molar-refractivity contribution in [2.75, 3.05) is 27.2 Å². The van der Waals surface area contributed by atoms with Crippen molar-refractivity contribution in [2.45, 2.75) is 6.10 Å². The molecule has 1 heterocycles. The summed E-state index contributed by atoms with van der Waals surface area (Å²) in [4.78, 5) is 6.18. The van der Waals surface area contributed by atoms with Crippen LogP contribution in [0.3, 0.4) is 0 Å². The normalized spacial score (nSPS) is 16.3. The van der Waals surface area contributed by atoms with Gasteiger partial charge in [0.1, 0.15) is 6.10 Å². The number of pyridine rings is 1. The summed E-state index contributed by atoms with van der Waals surface area (Å²) >= 11 is 0. The fraction of sp³-hybridized carbons (Fsp3) is 0.312. The molecule has 100 valence electrons. The molecule has 0 saturated carbocycles. The van der Waals surface area contributed by atoms with Crippen molar-refractivity contribution < 1.29 is 11.6 Å². The molecule has 0 fully saturated rings. The minimum absolute atomic E-state index is 0.110. The molecular formula is C16H20N2O. The minimum Gasteiger partial charge on any atom is -0.366 e. The summed E-state index contributed by atoms with van der Waals surface area (Å²) < 4.78 is 45.6. The number of likely N-dealkylation sites (N-methyl/N-ethyl adjacent to an activating group) is 1. The van der Waals surface area contributed by atoms with Gasteiger partial charge in [-0.2, -0.15) is 0 Å². The highest BCUT2D eigenvalue weighted by Gasteiger charge is 2.15. The van der Waals surface area contributed by atoms with E-state index in [0.29, 0.717) is 18.8 Å². The molecule has 2 aromatic rings. The van der Waals surface area contributed by atoms with Gasteiger partial charge in [0.2, 0.25) is 0 Å². The summed E-state index contributed by atoms with van der Waals surface area (Å²) in [5, 5.41) is 0. The second-order valence-electron chi connectivity index (χ2n) is 4.35. The first-order valence-electron chi connectivity index (χ1n) is 8.58. The van der Waals surface area contributed by atoms with Crippen LogP contribution in [-0.2, 0) is 4.74 Å². The molecular weight excluding hydrogens is 236 g/mol. The van der Waals surface area contributed by atoms with Crippen molar-refractivity contribution in [1.82, 2.24) is 9.88 Å². The molecule has 1 aromatic heterocycles. The van der Waals surface area contributed by atoms with Crippen LogP contribution in [0.25, 0.3) is 0 Å². The summed E-state index contributed by atoms with van der Waals surface area (Å²) in [6.07, 6.45) is 0.771. The van der Waals surface area contributed by atoms with Gasteiger partial charge in [-0.05, 0) is 31.8 Å². The Morgan fingerprint density at radius 1 is 1.26 bits per heavy atom. The van der Waals surface area contributed by atoms with Crippen LogP contribution in [0.5, 0.6) is 0 Å². The van der Waals surface area contributed by atoms with E-state index in [1.54, 1.807) is 24.4 Å². The lowest BCUT2D eigenvalue weighted by molar-refractivity contribution is 0.0662. The number of aromatic nitrogens is 1. The predicted octanol–water partition coefficient (Wildman–Crippen LogP) is 2.75. The van der Waals surface area contributed by atoms with Crippen LogP contribution in [0.1, 0.15) is 24.2 Å². The molecule has 0 aliphatic carbocycles. The summed E-state index contributed by atoms with van der Waals surface area (Å²) in [5.74, 6) is 0. The van der Waals surface area contributed by atoms with E-state index in [2.05, 4.69) is 4.98 Å². The van der Waals surface area contributed by atoms with Crippen molar-refractivity contribution in [3.63, 3.8) is 0 Å². The van der Waals surface area contributed by atoms with E-state index < -0.39 is 12.1 Å². The van der Waals surface area contributed by atoms with Crippen molar-refractivity contribution in [1.29, 1.82) is 0 Å². The van der Waals surface area contributed by atoms with E-state index in [0.717, 1.165) is 0 Å². The van der Waals surface area contributed by atoms with Gasteiger partial charge in [0, 0.05) is 12.7 Å². The number of nitrogens with zero attached hydrogens (tertiary/aromatic N) is 2. The predicted molar refractivity (Wildman–Crippen MR) is 77.0 cm³/mol. The average molecular weight is 261 g/mol. The first-order valence-corrected chi connectivity index (χ1v) is 6.08. The maximum Gasteiger partial charge on any atom is 0.124 e. The molecule has 0 unspecified atom stereocenters. The van der Waals surface area contributed by atoms with E-state index in [9.17, 15) is 0 Å². The third kappa shape index (κ3) is 4.16. The van der Waals surface area contributed by atoms with Gasteiger partial charge in [0.25, 0.3) is 0 Å². The van der Waals surface area contributed by atoms with Crippen LogP contribution in [0.15, 0.2) is 54.6 Å². The van der Waals surface area contributed by atoms with E-state index in [1.165, 1.54) is 0 Å². The third-order valence-electron chi connectivity index (χ3n) is 2.56. The molecule has 0 saturated heterocycles. The van der Waals surface area contributed by atoms with E-state index in [1.807, 2.05) is 19.0 Å². The van der Waals surface area contributed by atoms with Gasteiger partial charge >= 0.3 is 0 Å². The largest absolute Gasteiger partial charge is 0.366 e. The van der Waals surface area contributed by atoms with Crippen LogP contribution in [-0.4, -0.2) is 37.1 Å². The Morgan fingerprint density at radius 3 is 2.68 bits per heavy atom. The first kappa shape index (κ1) is 8.46. The SMILES string of the molecule is [2H]c1c([2H])c([2H])c([C@H](OCCN(C)C)c2ccccn2)c([2H])c1[2H]. The number of benzene rings is 1. The van der Waals surface area contributed by atoms with Crippen LogP contribution >= 0.6 is 0 Å². The molecule has 0 spiro atoms. The van der Waals surface area contributed by atoms with E-state index in [-0.39, 0.29) is 29.7 Å². The van der Waals surface area contributed by atoms with Crippen molar-refractivity contribution in [3.8, 4) is 0 Å². The summed E-state index contributed by atoms with van der Waals surface area (Å²) in [7, 11) is 3.81. The fourth-order valence-corrected chi connectivity index (χ4v) is 1.59. The Hall–Kier alpha value is -1.71. The zero-order chi connectivity index (χ0) is 17.9. The van der Waals surface area contributed by atoms with Crippen LogP contribution in [0, 0.1) is 0 Å². The zero-order valence-electron chi connectivity index (χ0n) is 16.1. The quantitative estimate of drug-likeness (QED) is 0.799. The van der Waals surface area contributed by atoms with Gasteiger partial charge in [0.15, 0.2) is 0 Å². The Balaban J connectivity index is 2.52. The van der Waals surface area contributed by atoms with Crippen molar-refractivity contribution in [3.05, 3.63) is 65.9 Å². The average Bonchev–Trinajstić information content (AvgIpc) is 2.57. The van der Waals surface area contributed by atoms with Crippen molar-refractivity contribution in [2.24, 2.45) is 0 Å². The summed E-state index contributed by atoms with van der Waals surface area (Å²) in [5.41, 5.74) is 0.619. The van der Waals surface area contributed by atoms with Gasteiger partial charge in [-0.15, -0.1) is 0 Å². The maximum absolute atomic E-state index is 8.14. The summed E-state index contributed by atoms with van der Waals surface area (Å²) in [6, 6.07) is 3.57. The highest BCUT2D eigenvalue weighted by molar-refractivity contribution is 5.25. The van der Waals surface area contributed by atoms with Crippen LogP contribution < -0.4 is 0 Å². The third-order valence-corrected chi connectivity index (χ3v) is 2.56. The zero-order valence-corrected chi connectivity index (χ0v) is 11.1. The number of hydrogen-bond donors (Lipinski definition) is 0. The lowest BCUT2D eigenvalue weighted by atomic mass is 10.1. The lowest BCUT2D eigenvalue weighted by Crippen LogP contribution is -2.20. The van der Waals surface area contributed by atoms with Gasteiger partial charge in [-0.3, -0.25) is 4.98 Å². The maximum atomic E-state index is 8.14. The van der Waals surface area contributed by atoms with Crippen LogP contribution in [0.4, 0.5) is 0 Å². The number of hydrogen-bond acceptors (Lipinski definition) is 3.